The van der Waals surface area contributed by atoms with Gasteiger partial charge < -0.3 is 14.4 Å². The minimum absolute atomic E-state index is 0.0364. The molecule has 2 heterocycles. The van der Waals surface area contributed by atoms with E-state index in [0.29, 0.717) is 24.3 Å². The molecule has 32 heavy (non-hydrogen) atoms. The summed E-state index contributed by atoms with van der Waals surface area (Å²) in [5.74, 6) is -1.24. The van der Waals surface area contributed by atoms with E-state index in [-0.39, 0.29) is 12.5 Å². The molecule has 0 spiro atoms. The van der Waals surface area contributed by atoms with Crippen molar-refractivity contribution in [2.45, 2.75) is 34.2 Å². The number of aryl methyl sites for hydroxylation is 1. The molecule has 1 amide bonds. The lowest BCUT2D eigenvalue weighted by Gasteiger charge is -2.37. The molecule has 0 radical (unpaired) electrons. The lowest BCUT2D eigenvalue weighted by molar-refractivity contribution is 0.0735. The molecule has 0 atom stereocenters. The fraction of sp³-hybridized carbons (Fsp3) is 0.346. The van der Waals surface area contributed by atoms with Gasteiger partial charge in [0.1, 0.15) is 17.3 Å². The molecule has 4 nitrogen and oxygen atoms in total. The SMILES string of the molecule is Cc1ccccc1N1CCN(C(=O)c2c(C)c(C)c(C)n2Cc2ccc(F)cc2F)CC1. The van der Waals surface area contributed by atoms with Crippen LogP contribution < -0.4 is 4.90 Å². The Kier molecular flexibility index (Phi) is 6.04. The van der Waals surface area contributed by atoms with Crippen molar-refractivity contribution in [1.82, 2.24) is 9.47 Å². The van der Waals surface area contributed by atoms with Crippen LogP contribution in [0.25, 0.3) is 0 Å². The second kappa shape index (κ2) is 8.77. The van der Waals surface area contributed by atoms with Gasteiger partial charge in [0.15, 0.2) is 0 Å². The molecule has 1 fully saturated rings. The van der Waals surface area contributed by atoms with Crippen LogP contribution in [0.5, 0.6) is 0 Å². The standard InChI is InChI=1S/C26H29F2N3O/c1-17-7-5-6-8-24(17)29-11-13-30(14-12-29)26(32)25-19(3)18(2)20(4)31(25)16-21-9-10-22(27)15-23(21)28/h5-10,15H,11-14,16H2,1-4H3. The summed E-state index contributed by atoms with van der Waals surface area (Å²) in [5.41, 5.74) is 6.25. The van der Waals surface area contributed by atoms with Crippen molar-refractivity contribution in [3.63, 3.8) is 0 Å². The van der Waals surface area contributed by atoms with Gasteiger partial charge in [0.25, 0.3) is 5.91 Å². The second-order valence-electron chi connectivity index (χ2n) is 8.57. The number of benzene rings is 2. The maximum atomic E-state index is 14.3. The van der Waals surface area contributed by atoms with Crippen LogP contribution in [0.2, 0.25) is 0 Å². The fourth-order valence-corrected chi connectivity index (χ4v) is 4.53. The summed E-state index contributed by atoms with van der Waals surface area (Å²) in [6, 6.07) is 11.9. The summed E-state index contributed by atoms with van der Waals surface area (Å²) in [4.78, 5) is 17.8. The van der Waals surface area contributed by atoms with Gasteiger partial charge >= 0.3 is 0 Å². The van der Waals surface area contributed by atoms with Gasteiger partial charge in [-0.25, -0.2) is 8.78 Å². The van der Waals surface area contributed by atoms with E-state index in [2.05, 4.69) is 24.0 Å². The second-order valence-corrected chi connectivity index (χ2v) is 8.57. The molecular weight excluding hydrogens is 408 g/mol. The van der Waals surface area contributed by atoms with Gasteiger partial charge in [-0.3, -0.25) is 4.79 Å². The first-order valence-corrected chi connectivity index (χ1v) is 11.0. The molecule has 1 aliphatic rings. The van der Waals surface area contributed by atoms with Crippen LogP contribution in [0.1, 0.15) is 38.4 Å². The molecule has 0 aliphatic carbocycles. The normalized spacial score (nSPS) is 14.2. The molecule has 0 unspecified atom stereocenters. The van der Waals surface area contributed by atoms with Crippen LogP contribution in [-0.2, 0) is 6.54 Å². The zero-order valence-corrected chi connectivity index (χ0v) is 19.1. The average Bonchev–Trinajstić information content (AvgIpc) is 2.99. The molecule has 6 heteroatoms. The van der Waals surface area contributed by atoms with Crippen molar-refractivity contribution in [3.8, 4) is 0 Å². The number of carbonyl (C=O) groups excluding carboxylic acids is 1. The van der Waals surface area contributed by atoms with Gasteiger partial charge in [0.05, 0.1) is 6.54 Å². The van der Waals surface area contributed by atoms with Crippen LogP contribution >= 0.6 is 0 Å². The number of aromatic nitrogens is 1. The van der Waals surface area contributed by atoms with Crippen molar-refractivity contribution in [3.05, 3.63) is 87.7 Å². The van der Waals surface area contributed by atoms with E-state index < -0.39 is 11.6 Å². The summed E-state index contributed by atoms with van der Waals surface area (Å²) < 4.78 is 29.6. The van der Waals surface area contributed by atoms with Gasteiger partial charge in [0, 0.05) is 49.2 Å². The number of rotatable bonds is 4. The highest BCUT2D eigenvalue weighted by atomic mass is 19.1. The first-order valence-electron chi connectivity index (χ1n) is 11.0. The number of halogens is 2. The van der Waals surface area contributed by atoms with E-state index in [1.165, 1.54) is 23.4 Å². The molecule has 2 aromatic carbocycles. The Hall–Kier alpha value is -3.15. The summed E-state index contributed by atoms with van der Waals surface area (Å²) in [6.07, 6.45) is 0. The molecule has 0 N–H and O–H groups in total. The maximum absolute atomic E-state index is 14.3. The average molecular weight is 438 g/mol. The predicted octanol–water partition coefficient (Wildman–Crippen LogP) is 5.01. The molecule has 168 valence electrons. The molecule has 0 bridgehead atoms. The number of hydrogen-bond acceptors (Lipinski definition) is 2. The van der Waals surface area contributed by atoms with Gasteiger partial charge in [-0.2, -0.15) is 0 Å². The quantitative estimate of drug-likeness (QED) is 0.574. The van der Waals surface area contributed by atoms with Crippen molar-refractivity contribution in [2.75, 3.05) is 31.1 Å². The number of para-hydroxylation sites is 1. The zero-order chi connectivity index (χ0) is 23.0. The maximum Gasteiger partial charge on any atom is 0.270 e. The van der Waals surface area contributed by atoms with Crippen LogP contribution in [0.15, 0.2) is 42.5 Å². The Balaban J connectivity index is 1.58. The minimum atomic E-state index is -0.606. The van der Waals surface area contributed by atoms with Gasteiger partial charge in [0.2, 0.25) is 0 Å². The van der Waals surface area contributed by atoms with E-state index in [1.807, 2.05) is 42.4 Å². The van der Waals surface area contributed by atoms with Crippen LogP contribution in [0.4, 0.5) is 14.5 Å². The zero-order valence-electron chi connectivity index (χ0n) is 19.1. The number of carbonyl (C=O) groups is 1. The Morgan fingerprint density at radius 2 is 1.59 bits per heavy atom. The lowest BCUT2D eigenvalue weighted by atomic mass is 10.1. The third-order valence-electron chi connectivity index (χ3n) is 6.70. The minimum Gasteiger partial charge on any atom is -0.368 e. The smallest absolute Gasteiger partial charge is 0.270 e. The number of piperazine rings is 1. The Morgan fingerprint density at radius 3 is 2.25 bits per heavy atom. The predicted molar refractivity (Wildman–Crippen MR) is 123 cm³/mol. The summed E-state index contributed by atoms with van der Waals surface area (Å²) in [7, 11) is 0. The monoisotopic (exact) mass is 437 g/mol. The summed E-state index contributed by atoms with van der Waals surface area (Å²) in [5, 5.41) is 0. The topological polar surface area (TPSA) is 28.5 Å². The van der Waals surface area contributed by atoms with Crippen LogP contribution in [0, 0.1) is 39.3 Å². The van der Waals surface area contributed by atoms with Crippen molar-refractivity contribution in [1.29, 1.82) is 0 Å². The van der Waals surface area contributed by atoms with E-state index in [4.69, 9.17) is 0 Å². The summed E-state index contributed by atoms with van der Waals surface area (Å²) in [6.45, 7) is 10.9. The molecule has 0 saturated carbocycles. The van der Waals surface area contributed by atoms with E-state index in [0.717, 1.165) is 36.0 Å². The third kappa shape index (κ3) is 4.01. The van der Waals surface area contributed by atoms with Crippen LogP contribution in [-0.4, -0.2) is 41.6 Å². The molecule has 1 aliphatic heterocycles. The fourth-order valence-electron chi connectivity index (χ4n) is 4.53. The largest absolute Gasteiger partial charge is 0.368 e. The highest BCUT2D eigenvalue weighted by Crippen LogP contribution is 2.26. The van der Waals surface area contributed by atoms with Crippen molar-refractivity contribution < 1.29 is 13.6 Å². The van der Waals surface area contributed by atoms with Crippen molar-refractivity contribution in [2.24, 2.45) is 0 Å². The molecule has 3 aromatic rings. The Bertz CT molecular complexity index is 1160. The van der Waals surface area contributed by atoms with Gasteiger partial charge in [-0.05, 0) is 56.5 Å². The highest BCUT2D eigenvalue weighted by Gasteiger charge is 2.28. The number of hydrogen-bond donors (Lipinski definition) is 0. The third-order valence-corrected chi connectivity index (χ3v) is 6.70. The van der Waals surface area contributed by atoms with Gasteiger partial charge in [-0.15, -0.1) is 0 Å². The first-order chi connectivity index (χ1) is 15.3. The van der Waals surface area contributed by atoms with Gasteiger partial charge in [-0.1, -0.05) is 24.3 Å². The molecule has 1 saturated heterocycles. The molecule has 1 aromatic heterocycles. The van der Waals surface area contributed by atoms with E-state index in [9.17, 15) is 13.6 Å². The van der Waals surface area contributed by atoms with Crippen LogP contribution in [0.3, 0.4) is 0 Å². The number of anilines is 1. The number of amides is 1. The Labute approximate surface area is 188 Å². The lowest BCUT2D eigenvalue weighted by Crippen LogP contribution is -2.49. The molecule has 4 rings (SSSR count). The number of nitrogens with zero attached hydrogens (tertiary/aromatic N) is 3. The summed E-state index contributed by atoms with van der Waals surface area (Å²) >= 11 is 0. The molecular formula is C26H29F2N3O. The van der Waals surface area contributed by atoms with E-state index >= 15 is 0 Å². The van der Waals surface area contributed by atoms with Crippen molar-refractivity contribution >= 4 is 11.6 Å². The highest BCUT2D eigenvalue weighted by molar-refractivity contribution is 5.95. The van der Waals surface area contributed by atoms with E-state index in [1.54, 1.807) is 0 Å². The first kappa shape index (κ1) is 22.1. The Morgan fingerprint density at radius 1 is 0.906 bits per heavy atom.